The Morgan fingerprint density at radius 2 is 1.05 bits per heavy atom. The van der Waals surface area contributed by atoms with Gasteiger partial charge in [-0.25, -0.2) is 4.98 Å². The van der Waals surface area contributed by atoms with E-state index < -0.39 is 0 Å². The molecule has 39 heavy (non-hydrogen) atoms. The van der Waals surface area contributed by atoms with E-state index in [1.807, 2.05) is 103 Å². The van der Waals surface area contributed by atoms with Crippen LogP contribution in [-0.2, 0) is 0 Å². The Balaban J connectivity index is 1.46. The highest BCUT2D eigenvalue weighted by atomic mass is 16.1. The molecule has 1 aliphatic rings. The lowest BCUT2D eigenvalue weighted by molar-refractivity contribution is 0.104. The average molecular weight is 501 g/mol. The number of fused-ring (bicyclic) bond motifs is 6. The number of rotatable bonds is 3. The highest BCUT2D eigenvalue weighted by Gasteiger charge is 2.28. The molecule has 8 rings (SSSR count). The van der Waals surface area contributed by atoms with Gasteiger partial charge in [0.2, 0.25) is 5.95 Å². The molecular formula is C34H20N4O. The third-order valence-corrected chi connectivity index (χ3v) is 7.41. The minimum absolute atomic E-state index is 0.0669. The van der Waals surface area contributed by atoms with Gasteiger partial charge >= 0.3 is 0 Å². The fourth-order valence-corrected chi connectivity index (χ4v) is 5.60. The van der Waals surface area contributed by atoms with Crippen LogP contribution in [0.1, 0.15) is 15.9 Å². The number of aromatic nitrogens is 4. The Labute approximate surface area is 224 Å². The van der Waals surface area contributed by atoms with E-state index >= 15 is 0 Å². The van der Waals surface area contributed by atoms with Crippen molar-refractivity contribution in [3.05, 3.63) is 132 Å². The zero-order valence-electron chi connectivity index (χ0n) is 20.7. The highest BCUT2D eigenvalue weighted by Crippen LogP contribution is 2.42. The van der Waals surface area contributed by atoms with Gasteiger partial charge in [-0.3, -0.25) is 9.36 Å². The van der Waals surface area contributed by atoms with Gasteiger partial charge in [0, 0.05) is 33.0 Å². The van der Waals surface area contributed by atoms with Crippen molar-refractivity contribution in [1.82, 2.24) is 19.5 Å². The van der Waals surface area contributed by atoms with Crippen molar-refractivity contribution >= 4 is 27.6 Å². The second-order valence-corrected chi connectivity index (χ2v) is 9.66. The predicted molar refractivity (Wildman–Crippen MR) is 154 cm³/mol. The molecule has 5 nitrogen and oxygen atoms in total. The van der Waals surface area contributed by atoms with Gasteiger partial charge in [0.15, 0.2) is 17.4 Å². The Bertz CT molecular complexity index is 2020. The third-order valence-electron chi connectivity index (χ3n) is 7.41. The number of ketones is 1. The summed E-state index contributed by atoms with van der Waals surface area (Å²) < 4.78 is 2.09. The van der Waals surface area contributed by atoms with Crippen molar-refractivity contribution in [2.24, 2.45) is 0 Å². The molecule has 0 saturated carbocycles. The van der Waals surface area contributed by atoms with Gasteiger partial charge in [-0.05, 0) is 29.3 Å². The monoisotopic (exact) mass is 500 g/mol. The van der Waals surface area contributed by atoms with E-state index in [2.05, 4.69) is 22.8 Å². The van der Waals surface area contributed by atoms with Gasteiger partial charge in [-0.2, -0.15) is 9.97 Å². The summed E-state index contributed by atoms with van der Waals surface area (Å²) >= 11 is 0. The lowest BCUT2D eigenvalue weighted by atomic mass is 10.0. The van der Waals surface area contributed by atoms with Crippen molar-refractivity contribution in [3.63, 3.8) is 0 Å². The van der Waals surface area contributed by atoms with Crippen LogP contribution >= 0.6 is 0 Å². The quantitative estimate of drug-likeness (QED) is 0.252. The molecule has 0 aliphatic heterocycles. The molecule has 5 aromatic carbocycles. The Morgan fingerprint density at radius 1 is 0.462 bits per heavy atom. The minimum atomic E-state index is 0.0669. The third kappa shape index (κ3) is 3.27. The van der Waals surface area contributed by atoms with Crippen LogP contribution < -0.4 is 0 Å². The van der Waals surface area contributed by atoms with Crippen LogP contribution in [0.2, 0.25) is 0 Å². The lowest BCUT2D eigenvalue weighted by Gasteiger charge is -2.11. The Morgan fingerprint density at radius 3 is 1.74 bits per heavy atom. The van der Waals surface area contributed by atoms with Crippen LogP contribution in [0.4, 0.5) is 0 Å². The second kappa shape index (κ2) is 8.30. The zero-order valence-corrected chi connectivity index (χ0v) is 20.7. The Hall–Kier alpha value is -5.42. The summed E-state index contributed by atoms with van der Waals surface area (Å²) in [5, 5.41) is 2.04. The van der Waals surface area contributed by atoms with Crippen molar-refractivity contribution in [3.8, 4) is 39.9 Å². The molecule has 1 aliphatic carbocycles. The van der Waals surface area contributed by atoms with E-state index in [1.165, 1.54) is 0 Å². The summed E-state index contributed by atoms with van der Waals surface area (Å²) in [6.07, 6.45) is 0. The molecule has 0 N–H and O–H groups in total. The van der Waals surface area contributed by atoms with E-state index in [0.717, 1.165) is 55.2 Å². The number of hydrogen-bond donors (Lipinski definition) is 0. The van der Waals surface area contributed by atoms with E-state index in [9.17, 15) is 4.79 Å². The molecule has 2 heterocycles. The number of carbonyl (C=O) groups excluding carboxylic acids is 1. The average Bonchev–Trinajstić information content (AvgIpc) is 3.48. The molecule has 5 heteroatoms. The zero-order chi connectivity index (χ0) is 25.9. The van der Waals surface area contributed by atoms with Gasteiger partial charge in [-0.15, -0.1) is 0 Å². The summed E-state index contributed by atoms with van der Waals surface area (Å²) in [7, 11) is 0. The maximum Gasteiger partial charge on any atom is 0.238 e. The summed E-state index contributed by atoms with van der Waals surface area (Å²) in [5.41, 5.74) is 7.13. The SMILES string of the molecule is O=C1c2ccccc2-c2cc3c(cc21)c1ccccc1n3-c1nc(-c2ccccc2)nc(-c2ccccc2)n1. The van der Waals surface area contributed by atoms with Gasteiger partial charge in [0.05, 0.1) is 11.0 Å². The number of para-hydroxylation sites is 1. The smallest absolute Gasteiger partial charge is 0.238 e. The van der Waals surface area contributed by atoms with Crippen molar-refractivity contribution in [2.45, 2.75) is 0 Å². The molecule has 0 saturated heterocycles. The first kappa shape index (κ1) is 21.6. The maximum absolute atomic E-state index is 13.3. The van der Waals surface area contributed by atoms with Crippen LogP contribution in [-0.4, -0.2) is 25.3 Å². The number of carbonyl (C=O) groups is 1. The normalized spacial score (nSPS) is 12.2. The molecule has 0 radical (unpaired) electrons. The van der Waals surface area contributed by atoms with E-state index in [4.69, 9.17) is 15.0 Å². The first-order chi connectivity index (χ1) is 19.3. The topological polar surface area (TPSA) is 60.7 Å². The van der Waals surface area contributed by atoms with E-state index in [0.29, 0.717) is 17.6 Å². The van der Waals surface area contributed by atoms with Gasteiger partial charge in [-0.1, -0.05) is 103 Å². The lowest BCUT2D eigenvalue weighted by Crippen LogP contribution is -2.06. The van der Waals surface area contributed by atoms with Gasteiger partial charge in [0.25, 0.3) is 0 Å². The van der Waals surface area contributed by atoms with Crippen LogP contribution in [0.3, 0.4) is 0 Å². The van der Waals surface area contributed by atoms with Crippen LogP contribution in [0, 0.1) is 0 Å². The molecule has 0 spiro atoms. The number of hydrogen-bond acceptors (Lipinski definition) is 4. The van der Waals surface area contributed by atoms with Gasteiger partial charge < -0.3 is 0 Å². The molecule has 2 aromatic heterocycles. The first-order valence-electron chi connectivity index (χ1n) is 12.8. The second-order valence-electron chi connectivity index (χ2n) is 9.66. The summed E-state index contributed by atoms with van der Waals surface area (Å²) in [5.74, 6) is 1.81. The Kier molecular flexibility index (Phi) is 4.60. The molecule has 0 unspecified atom stereocenters. The number of nitrogens with zero attached hydrogens (tertiary/aromatic N) is 4. The molecule has 0 bridgehead atoms. The summed E-state index contributed by atoms with van der Waals surface area (Å²) in [6.45, 7) is 0. The minimum Gasteiger partial charge on any atom is -0.289 e. The summed E-state index contributed by atoms with van der Waals surface area (Å²) in [4.78, 5) is 28.2. The van der Waals surface area contributed by atoms with E-state index in [1.54, 1.807) is 0 Å². The molecule has 0 amide bonds. The maximum atomic E-state index is 13.3. The standard InChI is InChI=1S/C34H20N4O/c39-31-25-17-8-7-15-23(25)26-20-30-27(19-28(26)31)24-16-9-10-18-29(24)38(30)34-36-32(21-11-3-1-4-12-21)35-33(37-34)22-13-5-2-6-14-22/h1-20H. The highest BCUT2D eigenvalue weighted by molar-refractivity contribution is 6.25. The fourth-order valence-electron chi connectivity index (χ4n) is 5.60. The van der Waals surface area contributed by atoms with Crippen LogP contribution in [0.25, 0.3) is 61.7 Å². The van der Waals surface area contributed by atoms with Crippen molar-refractivity contribution in [1.29, 1.82) is 0 Å². The molecule has 7 aromatic rings. The molecular weight excluding hydrogens is 480 g/mol. The molecule has 0 atom stereocenters. The van der Waals surface area contributed by atoms with Crippen LogP contribution in [0.15, 0.2) is 121 Å². The van der Waals surface area contributed by atoms with Gasteiger partial charge in [0.1, 0.15) is 0 Å². The fraction of sp³-hybridized carbons (Fsp3) is 0. The predicted octanol–water partition coefficient (Wildman–Crippen LogP) is 7.51. The summed E-state index contributed by atoms with van der Waals surface area (Å²) in [6, 6.07) is 40.1. The van der Waals surface area contributed by atoms with E-state index in [-0.39, 0.29) is 5.78 Å². The van der Waals surface area contributed by atoms with Crippen molar-refractivity contribution in [2.75, 3.05) is 0 Å². The van der Waals surface area contributed by atoms with Crippen LogP contribution in [0.5, 0.6) is 0 Å². The number of benzene rings is 5. The first-order valence-corrected chi connectivity index (χ1v) is 12.8. The molecule has 0 fully saturated rings. The van der Waals surface area contributed by atoms with Crippen molar-refractivity contribution < 1.29 is 4.79 Å². The largest absolute Gasteiger partial charge is 0.289 e. The molecule has 182 valence electrons.